The number of allylic oxidation sites excluding steroid dienone is 1. The lowest BCUT2D eigenvalue weighted by molar-refractivity contribution is 0.572. The van der Waals surface area contributed by atoms with Crippen molar-refractivity contribution in [2.75, 3.05) is 0 Å². The summed E-state index contributed by atoms with van der Waals surface area (Å²) in [5, 5.41) is 0. The van der Waals surface area contributed by atoms with Crippen molar-refractivity contribution in [1.29, 1.82) is 0 Å². The quantitative estimate of drug-likeness (QED) is 0.455. The Labute approximate surface area is 58.4 Å². The second kappa shape index (κ2) is 3.06. The van der Waals surface area contributed by atoms with Gasteiger partial charge in [-0.25, -0.2) is 9.97 Å². The molecule has 0 saturated carbocycles. The fraction of sp³-hybridized carbons (Fsp3) is 0.143. The Hall–Kier alpha value is -1.25. The average molecular weight is 138 g/mol. The molecule has 0 spiro atoms. The van der Waals surface area contributed by atoms with Gasteiger partial charge in [0.25, 0.3) is 0 Å². The second-order valence-corrected chi connectivity index (χ2v) is 1.79. The highest BCUT2D eigenvalue weighted by molar-refractivity contribution is 4.94. The molecule has 1 rings (SSSR count). The minimum Gasteiger partial charge on any atom is -0.241 e. The zero-order chi connectivity index (χ0) is 7.40. The van der Waals surface area contributed by atoms with Crippen LogP contribution in [0, 0.1) is 5.95 Å². The Kier molecular flexibility index (Phi) is 2.10. The maximum Gasteiger partial charge on any atom is 0.216 e. The fourth-order valence-electron chi connectivity index (χ4n) is 0.602. The van der Waals surface area contributed by atoms with Gasteiger partial charge in [0, 0.05) is 18.7 Å². The molecule has 0 aliphatic carbocycles. The first-order chi connectivity index (χ1) is 4.83. The molecule has 0 saturated heterocycles. The van der Waals surface area contributed by atoms with Gasteiger partial charge in [0.05, 0.1) is 0 Å². The van der Waals surface area contributed by atoms with E-state index in [1.807, 2.05) is 0 Å². The van der Waals surface area contributed by atoms with Crippen LogP contribution >= 0.6 is 0 Å². The van der Waals surface area contributed by atoms with E-state index >= 15 is 0 Å². The van der Waals surface area contributed by atoms with Crippen LogP contribution in [0.4, 0.5) is 4.39 Å². The number of halogens is 1. The van der Waals surface area contributed by atoms with Crippen molar-refractivity contribution < 1.29 is 4.39 Å². The van der Waals surface area contributed by atoms with Crippen LogP contribution in [0.2, 0.25) is 0 Å². The van der Waals surface area contributed by atoms with E-state index in [4.69, 9.17) is 0 Å². The zero-order valence-electron chi connectivity index (χ0n) is 5.42. The molecule has 0 atom stereocenters. The molecule has 52 valence electrons. The molecule has 0 amide bonds. The van der Waals surface area contributed by atoms with Gasteiger partial charge in [-0.15, -0.1) is 6.58 Å². The van der Waals surface area contributed by atoms with E-state index in [-0.39, 0.29) is 0 Å². The van der Waals surface area contributed by atoms with Crippen molar-refractivity contribution in [3.63, 3.8) is 0 Å². The van der Waals surface area contributed by atoms with Gasteiger partial charge in [0.2, 0.25) is 5.95 Å². The van der Waals surface area contributed by atoms with Crippen molar-refractivity contribution in [2.24, 2.45) is 0 Å². The molecule has 1 aromatic heterocycles. The maximum absolute atomic E-state index is 12.3. The first kappa shape index (κ1) is 6.86. The molecular formula is C7H7FN2. The summed E-state index contributed by atoms with van der Waals surface area (Å²) in [4.78, 5) is 7.32. The van der Waals surface area contributed by atoms with Crippen molar-refractivity contribution >= 4 is 0 Å². The molecule has 1 aromatic rings. The second-order valence-electron chi connectivity index (χ2n) is 1.79. The van der Waals surface area contributed by atoms with Gasteiger partial charge in [0.1, 0.15) is 5.82 Å². The third-order valence-electron chi connectivity index (χ3n) is 0.998. The first-order valence-electron chi connectivity index (χ1n) is 2.91. The number of hydrogen-bond acceptors (Lipinski definition) is 2. The largest absolute Gasteiger partial charge is 0.241 e. The summed E-state index contributed by atoms with van der Waals surface area (Å²) in [5.41, 5.74) is 0. The molecule has 0 aliphatic heterocycles. The highest BCUT2D eigenvalue weighted by Gasteiger charge is 1.93. The summed E-state index contributed by atoms with van der Waals surface area (Å²) in [6, 6.07) is 1.21. The fourth-order valence-corrected chi connectivity index (χ4v) is 0.602. The molecule has 10 heavy (non-hydrogen) atoms. The molecular weight excluding hydrogens is 131 g/mol. The van der Waals surface area contributed by atoms with E-state index in [9.17, 15) is 4.39 Å². The summed E-state index contributed by atoms with van der Waals surface area (Å²) < 4.78 is 12.3. The monoisotopic (exact) mass is 138 g/mol. The van der Waals surface area contributed by atoms with Gasteiger partial charge in [0.15, 0.2) is 0 Å². The molecule has 0 radical (unpaired) electrons. The Morgan fingerprint density at radius 2 is 2.50 bits per heavy atom. The van der Waals surface area contributed by atoms with Gasteiger partial charge < -0.3 is 0 Å². The van der Waals surface area contributed by atoms with Gasteiger partial charge in [-0.1, -0.05) is 6.08 Å². The van der Waals surface area contributed by atoms with E-state index in [0.29, 0.717) is 12.2 Å². The van der Waals surface area contributed by atoms with Crippen molar-refractivity contribution in [2.45, 2.75) is 6.42 Å². The standard InChI is InChI=1S/C7H7FN2/c1-2-3-7-9-5-4-6(8)10-7/h2,4-5H,1,3H2. The summed E-state index contributed by atoms with van der Waals surface area (Å²) in [6.07, 6.45) is 3.54. The zero-order valence-corrected chi connectivity index (χ0v) is 5.42. The Bertz CT molecular complexity index is 235. The molecule has 0 fully saturated rings. The van der Waals surface area contributed by atoms with Crippen LogP contribution in [-0.2, 0) is 6.42 Å². The minimum absolute atomic E-state index is 0.468. The molecule has 1 heterocycles. The topological polar surface area (TPSA) is 25.8 Å². The lowest BCUT2D eigenvalue weighted by Crippen LogP contribution is -1.93. The number of nitrogens with zero attached hydrogens (tertiary/aromatic N) is 2. The highest BCUT2D eigenvalue weighted by atomic mass is 19.1. The number of hydrogen-bond donors (Lipinski definition) is 0. The molecule has 0 N–H and O–H groups in total. The van der Waals surface area contributed by atoms with E-state index in [1.165, 1.54) is 12.3 Å². The van der Waals surface area contributed by atoms with Gasteiger partial charge in [-0.2, -0.15) is 4.39 Å². The first-order valence-corrected chi connectivity index (χ1v) is 2.91. The van der Waals surface area contributed by atoms with E-state index in [0.717, 1.165) is 0 Å². The highest BCUT2D eigenvalue weighted by Crippen LogP contribution is 1.93. The van der Waals surface area contributed by atoms with Crippen LogP contribution in [0.15, 0.2) is 24.9 Å². The summed E-state index contributed by atoms with van der Waals surface area (Å²) in [7, 11) is 0. The molecule has 0 unspecified atom stereocenters. The Morgan fingerprint density at radius 3 is 3.10 bits per heavy atom. The smallest absolute Gasteiger partial charge is 0.216 e. The molecule has 0 aliphatic rings. The summed E-state index contributed by atoms with van der Waals surface area (Å²) in [6.45, 7) is 3.48. The van der Waals surface area contributed by atoms with Crippen molar-refractivity contribution in [1.82, 2.24) is 9.97 Å². The molecule has 3 heteroatoms. The predicted molar refractivity (Wildman–Crippen MR) is 35.9 cm³/mol. The van der Waals surface area contributed by atoms with Crippen LogP contribution in [0.25, 0.3) is 0 Å². The lowest BCUT2D eigenvalue weighted by Gasteiger charge is -1.91. The van der Waals surface area contributed by atoms with Crippen molar-refractivity contribution in [3.8, 4) is 0 Å². The lowest BCUT2D eigenvalue weighted by atomic mass is 10.4. The van der Waals surface area contributed by atoms with Gasteiger partial charge >= 0.3 is 0 Å². The van der Waals surface area contributed by atoms with E-state index < -0.39 is 5.95 Å². The van der Waals surface area contributed by atoms with Gasteiger partial charge in [-0.05, 0) is 0 Å². The SMILES string of the molecule is C=CCc1nccc(F)n1. The summed E-state index contributed by atoms with van der Waals surface area (Å²) >= 11 is 0. The number of aromatic nitrogens is 2. The van der Waals surface area contributed by atoms with Gasteiger partial charge in [-0.3, -0.25) is 0 Å². The average Bonchev–Trinajstić information content (AvgIpc) is 1.88. The third kappa shape index (κ3) is 1.62. The maximum atomic E-state index is 12.3. The molecule has 0 bridgehead atoms. The van der Waals surface area contributed by atoms with Crippen molar-refractivity contribution in [3.05, 3.63) is 36.7 Å². The van der Waals surface area contributed by atoms with Crippen LogP contribution in [0.5, 0.6) is 0 Å². The molecule has 2 nitrogen and oxygen atoms in total. The van der Waals surface area contributed by atoms with Crippen LogP contribution < -0.4 is 0 Å². The number of rotatable bonds is 2. The van der Waals surface area contributed by atoms with Crippen LogP contribution in [0.3, 0.4) is 0 Å². The van der Waals surface area contributed by atoms with E-state index in [2.05, 4.69) is 16.5 Å². The predicted octanol–water partition coefficient (Wildman–Crippen LogP) is 1.34. The normalized spacial score (nSPS) is 9.30. The third-order valence-corrected chi connectivity index (χ3v) is 0.998. The Balaban J connectivity index is 2.84. The van der Waals surface area contributed by atoms with E-state index in [1.54, 1.807) is 6.08 Å². The Morgan fingerprint density at radius 1 is 1.70 bits per heavy atom. The van der Waals surface area contributed by atoms with Crippen LogP contribution in [-0.4, -0.2) is 9.97 Å². The van der Waals surface area contributed by atoms with Crippen LogP contribution in [0.1, 0.15) is 5.82 Å². The minimum atomic E-state index is -0.494. The molecule has 0 aromatic carbocycles. The summed E-state index contributed by atoms with van der Waals surface area (Å²) in [5.74, 6) is -0.0261.